The normalized spacial score (nSPS) is 10.7. The van der Waals surface area contributed by atoms with Crippen LogP contribution in [0.5, 0.6) is 0 Å². The molecule has 0 aliphatic carbocycles. The summed E-state index contributed by atoms with van der Waals surface area (Å²) in [5.41, 5.74) is 3.24. The van der Waals surface area contributed by atoms with Crippen LogP contribution >= 0.6 is 0 Å². The van der Waals surface area contributed by atoms with Gasteiger partial charge >= 0.3 is 0 Å². The summed E-state index contributed by atoms with van der Waals surface area (Å²) >= 11 is 0. The molecular weight excluding hydrogens is 188 g/mol. The molecule has 0 aromatic heterocycles. The highest BCUT2D eigenvalue weighted by atomic mass is 16.1. The zero-order valence-corrected chi connectivity index (χ0v) is 8.05. The van der Waals surface area contributed by atoms with Crippen LogP contribution in [0.1, 0.15) is 5.56 Å². The van der Waals surface area contributed by atoms with Gasteiger partial charge in [-0.2, -0.15) is 5.10 Å². The minimum absolute atomic E-state index is 0.543. The maximum absolute atomic E-state index is 10.0. The predicted octanol–water partition coefficient (Wildman–Crippen LogP) is 1.92. The van der Waals surface area contributed by atoms with Crippen LogP contribution in [0.3, 0.4) is 0 Å². The fourth-order valence-electron chi connectivity index (χ4n) is 1.50. The van der Waals surface area contributed by atoms with Gasteiger partial charge in [0.15, 0.2) is 0 Å². The van der Waals surface area contributed by atoms with E-state index in [2.05, 4.69) is 10.5 Å². The summed E-state index contributed by atoms with van der Waals surface area (Å²) in [7, 11) is 0. The van der Waals surface area contributed by atoms with E-state index in [1.807, 2.05) is 42.5 Å². The first-order valence-electron chi connectivity index (χ1n) is 4.62. The number of benzene rings is 2. The predicted molar refractivity (Wildman–Crippen MR) is 60.7 cm³/mol. The second-order valence-corrected chi connectivity index (χ2v) is 3.07. The van der Waals surface area contributed by atoms with Gasteiger partial charge < -0.3 is 0 Å². The largest absolute Gasteiger partial charge is 0.277 e. The zero-order chi connectivity index (χ0) is 10.5. The minimum atomic E-state index is 0.543. The first kappa shape index (κ1) is 9.40. The molecule has 0 spiro atoms. The first-order chi connectivity index (χ1) is 7.42. The van der Waals surface area contributed by atoms with E-state index in [1.54, 1.807) is 6.21 Å². The van der Waals surface area contributed by atoms with Crippen LogP contribution in [0, 0.1) is 0 Å². The van der Waals surface area contributed by atoms with Gasteiger partial charge in [0.1, 0.15) is 0 Å². The third kappa shape index (κ3) is 2.02. The summed E-state index contributed by atoms with van der Waals surface area (Å²) in [4.78, 5) is 10.0. The molecule has 0 aliphatic rings. The number of amides is 1. The molecule has 1 N–H and O–H groups in total. The molecule has 0 fully saturated rings. The van der Waals surface area contributed by atoms with Crippen LogP contribution in [0.25, 0.3) is 10.8 Å². The van der Waals surface area contributed by atoms with Crippen LogP contribution in [0.15, 0.2) is 47.6 Å². The van der Waals surface area contributed by atoms with Crippen molar-refractivity contribution >= 4 is 23.4 Å². The minimum Gasteiger partial charge on any atom is -0.277 e. The topological polar surface area (TPSA) is 41.5 Å². The van der Waals surface area contributed by atoms with Crippen molar-refractivity contribution < 1.29 is 4.79 Å². The highest BCUT2D eigenvalue weighted by Crippen LogP contribution is 2.16. The van der Waals surface area contributed by atoms with Crippen molar-refractivity contribution in [2.24, 2.45) is 5.10 Å². The summed E-state index contributed by atoms with van der Waals surface area (Å²) < 4.78 is 0. The highest BCUT2D eigenvalue weighted by Gasteiger charge is 1.95. The number of rotatable bonds is 3. The molecule has 0 saturated heterocycles. The molecule has 0 radical (unpaired) electrons. The van der Waals surface area contributed by atoms with E-state index in [0.29, 0.717) is 6.41 Å². The van der Waals surface area contributed by atoms with E-state index in [0.717, 1.165) is 16.3 Å². The van der Waals surface area contributed by atoms with Crippen molar-refractivity contribution in [3.8, 4) is 0 Å². The van der Waals surface area contributed by atoms with Gasteiger partial charge in [0.2, 0.25) is 6.41 Å². The van der Waals surface area contributed by atoms with Crippen molar-refractivity contribution in [1.29, 1.82) is 0 Å². The third-order valence-electron chi connectivity index (χ3n) is 2.15. The van der Waals surface area contributed by atoms with Crippen molar-refractivity contribution in [1.82, 2.24) is 5.43 Å². The van der Waals surface area contributed by atoms with Crippen molar-refractivity contribution in [3.05, 3.63) is 48.0 Å². The lowest BCUT2D eigenvalue weighted by Crippen LogP contribution is -2.00. The number of hydrazone groups is 1. The molecule has 0 bridgehead atoms. The Hall–Kier alpha value is -2.16. The number of carbonyl (C=O) groups is 1. The van der Waals surface area contributed by atoms with E-state index < -0.39 is 0 Å². The van der Waals surface area contributed by atoms with Gasteiger partial charge in [0.25, 0.3) is 0 Å². The van der Waals surface area contributed by atoms with Crippen LogP contribution < -0.4 is 5.43 Å². The Balaban J connectivity index is 2.46. The average Bonchev–Trinajstić information content (AvgIpc) is 2.30. The Kier molecular flexibility index (Phi) is 2.74. The number of nitrogens with zero attached hydrogens (tertiary/aromatic N) is 1. The second-order valence-electron chi connectivity index (χ2n) is 3.07. The molecule has 74 valence electrons. The molecule has 3 heteroatoms. The van der Waals surface area contributed by atoms with E-state index in [9.17, 15) is 4.79 Å². The van der Waals surface area contributed by atoms with Gasteiger partial charge in [0.05, 0.1) is 6.21 Å². The van der Waals surface area contributed by atoms with E-state index >= 15 is 0 Å². The Bertz CT molecular complexity index is 500. The van der Waals surface area contributed by atoms with Crippen molar-refractivity contribution in [3.63, 3.8) is 0 Å². The summed E-state index contributed by atoms with van der Waals surface area (Å²) in [6.45, 7) is 0. The number of carbonyl (C=O) groups excluding carboxylic acids is 1. The Morgan fingerprint density at radius 3 is 2.73 bits per heavy atom. The van der Waals surface area contributed by atoms with Crippen LogP contribution in [-0.4, -0.2) is 12.6 Å². The molecule has 2 aromatic carbocycles. The van der Waals surface area contributed by atoms with Crippen molar-refractivity contribution in [2.75, 3.05) is 0 Å². The number of hydrogen-bond acceptors (Lipinski definition) is 2. The van der Waals surface area contributed by atoms with E-state index in [4.69, 9.17) is 0 Å². The monoisotopic (exact) mass is 198 g/mol. The van der Waals surface area contributed by atoms with Gasteiger partial charge in [0, 0.05) is 5.56 Å². The fourth-order valence-corrected chi connectivity index (χ4v) is 1.50. The molecule has 0 unspecified atom stereocenters. The van der Waals surface area contributed by atoms with Crippen LogP contribution in [-0.2, 0) is 4.79 Å². The zero-order valence-electron chi connectivity index (χ0n) is 8.05. The molecule has 2 aromatic rings. The maximum atomic E-state index is 10.0. The maximum Gasteiger partial charge on any atom is 0.227 e. The number of nitrogens with one attached hydrogen (secondary N) is 1. The molecule has 3 nitrogen and oxygen atoms in total. The first-order valence-corrected chi connectivity index (χ1v) is 4.62. The van der Waals surface area contributed by atoms with Gasteiger partial charge in [-0.15, -0.1) is 0 Å². The lowest BCUT2D eigenvalue weighted by molar-refractivity contribution is -0.109. The highest BCUT2D eigenvalue weighted by molar-refractivity contribution is 5.99. The van der Waals surface area contributed by atoms with Gasteiger partial charge in [-0.25, -0.2) is 5.43 Å². The Labute approximate surface area is 87.4 Å². The van der Waals surface area contributed by atoms with Gasteiger partial charge in [-0.05, 0) is 10.8 Å². The van der Waals surface area contributed by atoms with Gasteiger partial charge in [-0.1, -0.05) is 42.5 Å². The smallest absolute Gasteiger partial charge is 0.227 e. The molecule has 0 aliphatic heterocycles. The molecular formula is C12H10N2O. The number of hydrogen-bond donors (Lipinski definition) is 1. The average molecular weight is 198 g/mol. The lowest BCUT2D eigenvalue weighted by Gasteiger charge is -2.00. The summed E-state index contributed by atoms with van der Waals surface area (Å²) in [6.07, 6.45) is 2.18. The molecule has 1 amide bonds. The standard InChI is InChI=1S/C12H10N2O/c15-9-14-13-8-11-6-3-5-10-4-1-2-7-12(10)11/h1-9H,(H,14,15). The van der Waals surface area contributed by atoms with Crippen LogP contribution in [0.4, 0.5) is 0 Å². The van der Waals surface area contributed by atoms with E-state index in [1.165, 1.54) is 0 Å². The number of fused-ring (bicyclic) bond motifs is 1. The molecule has 15 heavy (non-hydrogen) atoms. The fraction of sp³-hybridized carbons (Fsp3) is 0. The molecule has 2 rings (SSSR count). The molecule has 0 atom stereocenters. The quantitative estimate of drug-likeness (QED) is 0.457. The molecule has 0 heterocycles. The lowest BCUT2D eigenvalue weighted by atomic mass is 10.1. The second kappa shape index (κ2) is 4.37. The van der Waals surface area contributed by atoms with E-state index in [-0.39, 0.29) is 0 Å². The van der Waals surface area contributed by atoms with Crippen LogP contribution in [0.2, 0.25) is 0 Å². The summed E-state index contributed by atoms with van der Waals surface area (Å²) in [6, 6.07) is 14.0. The SMILES string of the molecule is O=CNN=Cc1cccc2ccccc12. The molecule has 0 saturated carbocycles. The Morgan fingerprint density at radius 2 is 1.87 bits per heavy atom. The van der Waals surface area contributed by atoms with Crippen molar-refractivity contribution in [2.45, 2.75) is 0 Å². The van der Waals surface area contributed by atoms with Gasteiger partial charge in [-0.3, -0.25) is 4.79 Å². The summed E-state index contributed by atoms with van der Waals surface area (Å²) in [5, 5.41) is 6.05. The third-order valence-corrected chi connectivity index (χ3v) is 2.15. The Morgan fingerprint density at radius 1 is 1.07 bits per heavy atom. The summed E-state index contributed by atoms with van der Waals surface area (Å²) in [5.74, 6) is 0.